The summed E-state index contributed by atoms with van der Waals surface area (Å²) in [6.45, 7) is 4.41. The Balaban J connectivity index is 2.24. The molecule has 0 amide bonds. The van der Waals surface area contributed by atoms with Gasteiger partial charge in [-0.2, -0.15) is 0 Å². The van der Waals surface area contributed by atoms with E-state index in [4.69, 9.17) is 9.47 Å². The van der Waals surface area contributed by atoms with Crippen LogP contribution in [0.15, 0.2) is 18.2 Å². The van der Waals surface area contributed by atoms with E-state index >= 15 is 0 Å². The van der Waals surface area contributed by atoms with Crippen LogP contribution in [0.3, 0.4) is 0 Å². The van der Waals surface area contributed by atoms with E-state index in [0.29, 0.717) is 17.6 Å². The first-order valence-corrected chi connectivity index (χ1v) is 6.45. The van der Waals surface area contributed by atoms with E-state index in [1.165, 1.54) is 0 Å². The summed E-state index contributed by atoms with van der Waals surface area (Å²) in [5.41, 5.74) is 0.148. The van der Waals surface area contributed by atoms with Crippen LogP contribution < -0.4 is 9.47 Å². The zero-order chi connectivity index (χ0) is 13.3. The quantitative estimate of drug-likeness (QED) is 0.893. The number of aliphatic hydroxyl groups is 1. The van der Waals surface area contributed by atoms with Crippen molar-refractivity contribution in [3.8, 4) is 11.5 Å². The van der Waals surface area contributed by atoms with E-state index in [-0.39, 0.29) is 0 Å². The maximum atomic E-state index is 10.7. The molecule has 3 nitrogen and oxygen atoms in total. The molecule has 0 unspecified atom stereocenters. The van der Waals surface area contributed by atoms with E-state index in [2.05, 4.69) is 13.8 Å². The fourth-order valence-corrected chi connectivity index (χ4v) is 2.68. The van der Waals surface area contributed by atoms with E-state index < -0.39 is 5.60 Å². The highest BCUT2D eigenvalue weighted by atomic mass is 16.5. The largest absolute Gasteiger partial charge is 0.497 e. The van der Waals surface area contributed by atoms with Gasteiger partial charge >= 0.3 is 0 Å². The second-order valence-corrected chi connectivity index (χ2v) is 5.51. The predicted molar refractivity (Wildman–Crippen MR) is 71.0 cm³/mol. The van der Waals surface area contributed by atoms with E-state index in [1.54, 1.807) is 14.2 Å². The predicted octanol–water partition coefficient (Wildman–Crippen LogP) is 2.96. The monoisotopic (exact) mass is 250 g/mol. The number of methoxy groups -OCH3 is 2. The van der Waals surface area contributed by atoms with Crippen molar-refractivity contribution in [2.75, 3.05) is 14.2 Å². The van der Waals surface area contributed by atoms with Crippen LogP contribution in [0.2, 0.25) is 0 Å². The topological polar surface area (TPSA) is 38.7 Å². The molecule has 0 spiro atoms. The van der Waals surface area contributed by atoms with Crippen LogP contribution in [-0.2, 0) is 5.60 Å². The molecule has 1 saturated carbocycles. The molecule has 0 aromatic heterocycles. The van der Waals surface area contributed by atoms with Crippen molar-refractivity contribution in [3.63, 3.8) is 0 Å². The number of ether oxygens (including phenoxy) is 2. The van der Waals surface area contributed by atoms with Gasteiger partial charge in [-0.05, 0) is 36.8 Å². The van der Waals surface area contributed by atoms with Crippen LogP contribution in [0.4, 0.5) is 0 Å². The first-order chi connectivity index (χ1) is 8.50. The first-order valence-electron chi connectivity index (χ1n) is 6.45. The zero-order valence-electron chi connectivity index (χ0n) is 11.6. The maximum absolute atomic E-state index is 10.7. The average molecular weight is 250 g/mol. The Labute approximate surface area is 109 Å². The van der Waals surface area contributed by atoms with Crippen molar-refractivity contribution in [2.45, 2.75) is 32.3 Å². The van der Waals surface area contributed by atoms with Gasteiger partial charge in [-0.1, -0.05) is 13.8 Å². The normalized spacial score (nSPS) is 26.9. The fraction of sp³-hybridized carbons (Fsp3) is 0.600. The molecular formula is C15H22O3. The molecular weight excluding hydrogens is 228 g/mol. The van der Waals surface area contributed by atoms with Crippen LogP contribution in [0.25, 0.3) is 0 Å². The molecule has 0 heterocycles. The Morgan fingerprint density at radius 3 is 2.39 bits per heavy atom. The summed E-state index contributed by atoms with van der Waals surface area (Å²) < 4.78 is 10.5. The molecule has 1 fully saturated rings. The van der Waals surface area contributed by atoms with Gasteiger partial charge in [0.05, 0.1) is 19.8 Å². The highest BCUT2D eigenvalue weighted by molar-refractivity contribution is 5.45. The lowest BCUT2D eigenvalue weighted by molar-refractivity contribution is -0.0945. The molecule has 0 radical (unpaired) electrons. The molecule has 2 rings (SSSR count). The van der Waals surface area contributed by atoms with Crippen LogP contribution >= 0.6 is 0 Å². The van der Waals surface area contributed by atoms with E-state index in [1.807, 2.05) is 18.2 Å². The van der Waals surface area contributed by atoms with Crippen LogP contribution in [0.1, 0.15) is 32.3 Å². The summed E-state index contributed by atoms with van der Waals surface area (Å²) in [5.74, 6) is 2.68. The number of hydrogen-bond donors (Lipinski definition) is 1. The molecule has 1 aromatic rings. The van der Waals surface area contributed by atoms with Crippen molar-refractivity contribution in [1.29, 1.82) is 0 Å². The molecule has 18 heavy (non-hydrogen) atoms. The van der Waals surface area contributed by atoms with Gasteiger partial charge in [0.2, 0.25) is 0 Å². The summed E-state index contributed by atoms with van der Waals surface area (Å²) in [7, 11) is 3.25. The molecule has 1 aliphatic rings. The molecule has 0 aliphatic heterocycles. The van der Waals surface area contributed by atoms with Crippen molar-refractivity contribution in [1.82, 2.24) is 0 Å². The summed E-state index contributed by atoms with van der Waals surface area (Å²) >= 11 is 0. The van der Waals surface area contributed by atoms with Crippen molar-refractivity contribution in [2.24, 2.45) is 11.8 Å². The van der Waals surface area contributed by atoms with E-state index in [0.717, 1.165) is 24.2 Å². The van der Waals surface area contributed by atoms with Crippen LogP contribution in [0, 0.1) is 11.8 Å². The van der Waals surface area contributed by atoms with E-state index in [9.17, 15) is 5.11 Å². The van der Waals surface area contributed by atoms with Crippen LogP contribution in [0.5, 0.6) is 11.5 Å². The van der Waals surface area contributed by atoms with Crippen molar-refractivity contribution >= 4 is 0 Å². The molecule has 0 atom stereocenters. The van der Waals surface area contributed by atoms with Gasteiger partial charge in [-0.15, -0.1) is 0 Å². The van der Waals surface area contributed by atoms with Crippen molar-refractivity contribution < 1.29 is 14.6 Å². The highest BCUT2D eigenvalue weighted by Gasteiger charge is 2.46. The van der Waals surface area contributed by atoms with Gasteiger partial charge in [0.15, 0.2) is 0 Å². The van der Waals surface area contributed by atoms with Gasteiger partial charge in [0.1, 0.15) is 11.5 Å². The Morgan fingerprint density at radius 2 is 1.89 bits per heavy atom. The molecule has 0 saturated heterocycles. The number of hydrogen-bond acceptors (Lipinski definition) is 3. The summed E-state index contributed by atoms with van der Waals surface area (Å²) in [6, 6.07) is 5.61. The maximum Gasteiger partial charge on any atom is 0.128 e. The summed E-state index contributed by atoms with van der Waals surface area (Å²) in [4.78, 5) is 0. The Morgan fingerprint density at radius 1 is 1.22 bits per heavy atom. The summed E-state index contributed by atoms with van der Waals surface area (Å²) in [6.07, 6.45) is 1.63. The molecule has 0 bridgehead atoms. The number of benzene rings is 1. The lowest BCUT2D eigenvalue weighted by atomic mass is 9.63. The van der Waals surface area contributed by atoms with Crippen LogP contribution in [-0.4, -0.2) is 19.3 Å². The molecule has 100 valence electrons. The minimum absolute atomic E-state index is 0.599. The van der Waals surface area contributed by atoms with Crippen molar-refractivity contribution in [3.05, 3.63) is 23.8 Å². The number of rotatable bonds is 4. The Kier molecular flexibility index (Phi) is 3.53. The Hall–Kier alpha value is -1.22. The third kappa shape index (κ3) is 2.19. The fourth-order valence-electron chi connectivity index (χ4n) is 2.68. The van der Waals surface area contributed by atoms with Gasteiger partial charge in [0, 0.05) is 11.6 Å². The second kappa shape index (κ2) is 4.81. The minimum Gasteiger partial charge on any atom is -0.497 e. The molecule has 1 aromatic carbocycles. The van der Waals surface area contributed by atoms with Gasteiger partial charge in [-0.25, -0.2) is 0 Å². The third-order valence-corrected chi connectivity index (χ3v) is 4.05. The first kappa shape index (κ1) is 13.2. The van der Waals surface area contributed by atoms with Gasteiger partial charge < -0.3 is 14.6 Å². The smallest absolute Gasteiger partial charge is 0.128 e. The zero-order valence-corrected chi connectivity index (χ0v) is 11.6. The standard InChI is InChI=1S/C15H22O3/c1-10(2)11-8-15(16,9-11)13-6-5-12(17-3)7-14(13)18-4/h5-7,10-11,16H,8-9H2,1-4H3. The van der Waals surface area contributed by atoms with Gasteiger partial charge in [0.25, 0.3) is 0 Å². The lowest BCUT2D eigenvalue weighted by Crippen LogP contribution is -2.43. The molecule has 3 heteroatoms. The van der Waals surface area contributed by atoms with Gasteiger partial charge in [-0.3, -0.25) is 0 Å². The average Bonchev–Trinajstić information content (AvgIpc) is 2.33. The third-order valence-electron chi connectivity index (χ3n) is 4.05. The minimum atomic E-state index is -0.730. The summed E-state index contributed by atoms with van der Waals surface area (Å²) in [5, 5.41) is 10.7. The SMILES string of the molecule is COc1ccc(C2(O)CC(C(C)C)C2)c(OC)c1. The Bertz CT molecular complexity index is 420. The molecule has 1 N–H and O–H groups in total. The lowest BCUT2D eigenvalue weighted by Gasteiger charge is -2.46. The second-order valence-electron chi connectivity index (χ2n) is 5.51. The molecule has 1 aliphatic carbocycles. The highest BCUT2D eigenvalue weighted by Crippen LogP contribution is 2.51.